The van der Waals surface area contributed by atoms with Gasteiger partial charge in [-0.25, -0.2) is 9.59 Å². The number of carbonyl (C=O) groups excluding carboxylic acids is 1. The van der Waals surface area contributed by atoms with Crippen molar-refractivity contribution in [3.05, 3.63) is 0 Å². The predicted octanol–water partition coefficient (Wildman–Crippen LogP) is 0.875. The van der Waals surface area contributed by atoms with Crippen molar-refractivity contribution in [2.75, 3.05) is 19.7 Å². The highest BCUT2D eigenvalue weighted by molar-refractivity contribution is 5.67. The molecule has 0 saturated carbocycles. The number of nitrogens with one attached hydrogen (secondary N) is 1. The first-order valence-electron chi connectivity index (χ1n) is 5.05. The van der Waals surface area contributed by atoms with Gasteiger partial charge >= 0.3 is 12.2 Å². The molecule has 2 amide bonds. The van der Waals surface area contributed by atoms with Crippen LogP contribution >= 0.6 is 0 Å². The monoisotopic (exact) mass is 216 g/mol. The lowest BCUT2D eigenvalue weighted by Gasteiger charge is -2.20. The highest BCUT2D eigenvalue weighted by Crippen LogP contribution is 2.17. The van der Waals surface area contributed by atoms with E-state index in [0.717, 1.165) is 12.8 Å². The molecule has 1 unspecified atom stereocenters. The van der Waals surface area contributed by atoms with Gasteiger partial charge in [0.1, 0.15) is 6.61 Å². The maximum absolute atomic E-state index is 11.0. The van der Waals surface area contributed by atoms with Crippen LogP contribution in [0.1, 0.15) is 19.8 Å². The first kappa shape index (κ1) is 11.6. The Bertz CT molecular complexity index is 244. The Hall–Kier alpha value is -1.46. The third-order valence-corrected chi connectivity index (χ3v) is 2.35. The number of hydrogen-bond acceptors (Lipinski definition) is 3. The minimum absolute atomic E-state index is 0.137. The molecule has 15 heavy (non-hydrogen) atoms. The largest absolute Gasteiger partial charge is 0.465 e. The van der Waals surface area contributed by atoms with Crippen molar-refractivity contribution in [3.8, 4) is 0 Å². The summed E-state index contributed by atoms with van der Waals surface area (Å²) < 4.78 is 4.89. The van der Waals surface area contributed by atoms with Gasteiger partial charge in [0, 0.05) is 13.1 Å². The molecule has 1 fully saturated rings. The summed E-state index contributed by atoms with van der Waals surface area (Å²) in [7, 11) is 0. The van der Waals surface area contributed by atoms with Crippen molar-refractivity contribution in [2.24, 2.45) is 0 Å². The lowest BCUT2D eigenvalue weighted by atomic mass is 10.2. The topological polar surface area (TPSA) is 78.9 Å². The van der Waals surface area contributed by atoms with Crippen LogP contribution in [0.15, 0.2) is 0 Å². The molecule has 0 radical (unpaired) electrons. The standard InChI is InChI=1S/C9H16N2O4/c1-2-10-8(12)15-6-7-4-3-5-11(7)9(13)14/h7H,2-6H2,1H3,(H,10,12)(H,13,14). The number of carbonyl (C=O) groups is 2. The Labute approximate surface area is 88.2 Å². The first-order chi connectivity index (χ1) is 7.15. The molecular formula is C9H16N2O4. The molecule has 1 saturated heterocycles. The van der Waals surface area contributed by atoms with Crippen molar-refractivity contribution in [1.29, 1.82) is 0 Å². The first-order valence-corrected chi connectivity index (χ1v) is 5.05. The van der Waals surface area contributed by atoms with Crippen LogP contribution < -0.4 is 5.32 Å². The molecule has 0 spiro atoms. The van der Waals surface area contributed by atoms with Gasteiger partial charge in [-0.05, 0) is 19.8 Å². The Kier molecular flexibility index (Phi) is 4.20. The molecule has 0 aromatic carbocycles. The number of rotatable bonds is 3. The van der Waals surface area contributed by atoms with Crippen molar-refractivity contribution < 1.29 is 19.4 Å². The minimum atomic E-state index is -0.947. The average Bonchev–Trinajstić information content (AvgIpc) is 2.63. The zero-order valence-corrected chi connectivity index (χ0v) is 8.73. The van der Waals surface area contributed by atoms with Gasteiger partial charge in [0.25, 0.3) is 0 Å². The second-order valence-electron chi connectivity index (χ2n) is 3.40. The minimum Gasteiger partial charge on any atom is -0.465 e. The SMILES string of the molecule is CCNC(=O)OCC1CCCN1C(=O)O. The summed E-state index contributed by atoms with van der Waals surface area (Å²) in [5.74, 6) is 0. The summed E-state index contributed by atoms with van der Waals surface area (Å²) in [4.78, 5) is 23.0. The van der Waals surface area contributed by atoms with Crippen LogP contribution in [0, 0.1) is 0 Å². The summed E-state index contributed by atoms with van der Waals surface area (Å²) in [5.41, 5.74) is 0. The zero-order valence-electron chi connectivity index (χ0n) is 8.73. The molecule has 1 rings (SSSR count). The number of likely N-dealkylation sites (tertiary alicyclic amines) is 1. The van der Waals surface area contributed by atoms with Gasteiger partial charge in [0.05, 0.1) is 6.04 Å². The Morgan fingerprint density at radius 1 is 1.60 bits per heavy atom. The van der Waals surface area contributed by atoms with Crippen LogP contribution in [0.3, 0.4) is 0 Å². The van der Waals surface area contributed by atoms with Crippen LogP contribution in [0.2, 0.25) is 0 Å². The van der Waals surface area contributed by atoms with E-state index < -0.39 is 12.2 Å². The fraction of sp³-hybridized carbons (Fsp3) is 0.778. The van der Waals surface area contributed by atoms with Gasteiger partial charge in [0.2, 0.25) is 0 Å². The Morgan fingerprint density at radius 3 is 2.93 bits per heavy atom. The Balaban J connectivity index is 2.31. The summed E-state index contributed by atoms with van der Waals surface area (Å²) in [6, 6.07) is -0.190. The molecule has 0 aromatic heterocycles. The average molecular weight is 216 g/mol. The van der Waals surface area contributed by atoms with Gasteiger partial charge in [-0.2, -0.15) is 0 Å². The van der Waals surface area contributed by atoms with E-state index in [4.69, 9.17) is 9.84 Å². The molecule has 1 aliphatic rings. The zero-order chi connectivity index (χ0) is 11.3. The number of hydrogen-bond donors (Lipinski definition) is 2. The van der Waals surface area contributed by atoms with Crippen LogP contribution in [-0.4, -0.2) is 47.9 Å². The van der Waals surface area contributed by atoms with Gasteiger partial charge < -0.3 is 20.1 Å². The number of ether oxygens (including phenoxy) is 1. The Morgan fingerprint density at radius 2 is 2.33 bits per heavy atom. The maximum atomic E-state index is 11.0. The second-order valence-corrected chi connectivity index (χ2v) is 3.40. The molecule has 1 atom stereocenters. The van der Waals surface area contributed by atoms with E-state index in [1.807, 2.05) is 0 Å². The number of nitrogens with zero attached hydrogens (tertiary/aromatic N) is 1. The fourth-order valence-corrected chi connectivity index (χ4v) is 1.63. The highest BCUT2D eigenvalue weighted by atomic mass is 16.5. The summed E-state index contributed by atoms with van der Waals surface area (Å²) in [6.45, 7) is 2.96. The normalized spacial score (nSPS) is 20.1. The van der Waals surface area contributed by atoms with E-state index in [1.54, 1.807) is 6.92 Å². The summed E-state index contributed by atoms with van der Waals surface area (Å²) in [6.07, 6.45) is 0.147. The molecule has 1 heterocycles. The van der Waals surface area contributed by atoms with Crippen molar-refractivity contribution in [2.45, 2.75) is 25.8 Å². The smallest absolute Gasteiger partial charge is 0.407 e. The van der Waals surface area contributed by atoms with Gasteiger partial charge in [-0.3, -0.25) is 0 Å². The van der Waals surface area contributed by atoms with Crippen LogP contribution in [0.5, 0.6) is 0 Å². The van der Waals surface area contributed by atoms with Crippen LogP contribution in [0.25, 0.3) is 0 Å². The van der Waals surface area contributed by atoms with E-state index in [1.165, 1.54) is 4.90 Å². The van der Waals surface area contributed by atoms with Gasteiger partial charge in [-0.15, -0.1) is 0 Å². The predicted molar refractivity (Wildman–Crippen MR) is 52.8 cm³/mol. The molecule has 1 aliphatic heterocycles. The quantitative estimate of drug-likeness (QED) is 0.733. The molecule has 86 valence electrons. The van der Waals surface area contributed by atoms with Gasteiger partial charge in [-0.1, -0.05) is 0 Å². The summed E-state index contributed by atoms with van der Waals surface area (Å²) in [5, 5.41) is 11.3. The second kappa shape index (κ2) is 5.43. The van der Waals surface area contributed by atoms with Crippen LogP contribution in [-0.2, 0) is 4.74 Å². The third-order valence-electron chi connectivity index (χ3n) is 2.35. The van der Waals surface area contributed by atoms with E-state index in [2.05, 4.69) is 5.32 Å². The molecule has 2 N–H and O–H groups in total. The van der Waals surface area contributed by atoms with Crippen molar-refractivity contribution in [1.82, 2.24) is 10.2 Å². The number of carboxylic acid groups (broad SMARTS) is 1. The third kappa shape index (κ3) is 3.30. The maximum Gasteiger partial charge on any atom is 0.407 e. The van der Waals surface area contributed by atoms with Crippen LogP contribution in [0.4, 0.5) is 9.59 Å². The van der Waals surface area contributed by atoms with E-state index in [0.29, 0.717) is 13.1 Å². The van der Waals surface area contributed by atoms with Crippen molar-refractivity contribution >= 4 is 12.2 Å². The van der Waals surface area contributed by atoms with E-state index in [9.17, 15) is 9.59 Å². The molecule has 0 aliphatic carbocycles. The molecule has 6 heteroatoms. The van der Waals surface area contributed by atoms with E-state index >= 15 is 0 Å². The summed E-state index contributed by atoms with van der Waals surface area (Å²) >= 11 is 0. The lowest BCUT2D eigenvalue weighted by Crippen LogP contribution is -2.38. The highest BCUT2D eigenvalue weighted by Gasteiger charge is 2.29. The molecule has 0 bridgehead atoms. The molecule has 6 nitrogen and oxygen atoms in total. The van der Waals surface area contributed by atoms with E-state index in [-0.39, 0.29) is 12.6 Å². The molecule has 0 aromatic rings. The lowest BCUT2D eigenvalue weighted by molar-refractivity contribution is 0.0963. The molecular weight excluding hydrogens is 200 g/mol. The fourth-order valence-electron chi connectivity index (χ4n) is 1.63. The number of alkyl carbamates (subject to hydrolysis) is 1. The number of amides is 2. The van der Waals surface area contributed by atoms with Gasteiger partial charge in [0.15, 0.2) is 0 Å². The van der Waals surface area contributed by atoms with Crippen molar-refractivity contribution in [3.63, 3.8) is 0 Å².